The van der Waals surface area contributed by atoms with Crippen LogP contribution in [0.3, 0.4) is 0 Å². The number of hydrogen-bond donors (Lipinski definition) is 0. The van der Waals surface area contributed by atoms with E-state index >= 15 is 0 Å². The maximum atomic E-state index is 12.7. The first-order valence-electron chi connectivity index (χ1n) is 8.99. The van der Waals surface area contributed by atoms with Crippen LogP contribution >= 0.6 is 0 Å². The zero-order chi connectivity index (χ0) is 19.3. The Kier molecular flexibility index (Phi) is 5.01. The summed E-state index contributed by atoms with van der Waals surface area (Å²) in [5, 5.41) is 0. The molecule has 0 radical (unpaired) electrons. The Labute approximate surface area is 163 Å². The van der Waals surface area contributed by atoms with Gasteiger partial charge in [0.2, 0.25) is 0 Å². The summed E-state index contributed by atoms with van der Waals surface area (Å²) < 4.78 is 7.80. The molecule has 4 aromatic rings. The number of carbonyl (C=O) groups is 1. The molecule has 4 rings (SSSR count). The Morgan fingerprint density at radius 3 is 2.89 bits per heavy atom. The molecule has 3 heterocycles. The Hall–Kier alpha value is -3.67. The zero-order valence-electron chi connectivity index (χ0n) is 15.5. The summed E-state index contributed by atoms with van der Waals surface area (Å²) in [4.78, 5) is 23.0. The Balaban J connectivity index is 1.42. The minimum absolute atomic E-state index is 0.0676. The van der Waals surface area contributed by atoms with Crippen molar-refractivity contribution in [1.82, 2.24) is 19.3 Å². The van der Waals surface area contributed by atoms with E-state index in [1.165, 1.54) is 0 Å². The van der Waals surface area contributed by atoms with Gasteiger partial charge in [-0.05, 0) is 42.0 Å². The molecule has 0 atom stereocenters. The predicted molar refractivity (Wildman–Crippen MR) is 106 cm³/mol. The van der Waals surface area contributed by atoms with Crippen LogP contribution in [0.1, 0.15) is 21.6 Å². The lowest BCUT2D eigenvalue weighted by Gasteiger charge is -2.17. The van der Waals surface area contributed by atoms with Gasteiger partial charge in [-0.15, -0.1) is 0 Å². The molecule has 0 fully saturated rings. The number of hydrogen-bond acceptors (Lipinski definition) is 4. The average Bonchev–Trinajstić information content (AvgIpc) is 3.16. The van der Waals surface area contributed by atoms with E-state index in [0.717, 1.165) is 16.9 Å². The fourth-order valence-electron chi connectivity index (χ4n) is 2.99. The first-order chi connectivity index (χ1) is 13.7. The molecule has 0 bridgehead atoms. The minimum atomic E-state index is -0.0676. The smallest absolute Gasteiger partial charge is 0.254 e. The number of aromatic nitrogens is 3. The van der Waals surface area contributed by atoms with Crippen LogP contribution in [-0.4, -0.2) is 32.2 Å². The van der Waals surface area contributed by atoms with E-state index in [1.54, 1.807) is 36.5 Å². The molecule has 0 spiro atoms. The molecule has 0 saturated carbocycles. The van der Waals surface area contributed by atoms with Crippen molar-refractivity contribution in [3.05, 3.63) is 96.2 Å². The van der Waals surface area contributed by atoms with Crippen LogP contribution in [0, 0.1) is 0 Å². The molecule has 6 nitrogen and oxygen atoms in total. The van der Waals surface area contributed by atoms with Crippen molar-refractivity contribution >= 4 is 11.6 Å². The zero-order valence-corrected chi connectivity index (χ0v) is 15.5. The number of amides is 1. The standard InChI is InChI=1S/C22H20N4O2/c1-25(14-17-6-5-10-23-13-17)22(27)18-7-4-8-20(12-18)28-16-19-15-26-11-3-2-9-21(26)24-19/h2-13,15H,14,16H2,1H3. The van der Waals surface area contributed by atoms with Crippen LogP contribution in [0.15, 0.2) is 79.4 Å². The molecule has 1 amide bonds. The predicted octanol–water partition coefficient (Wildman–Crippen LogP) is 3.58. The molecule has 0 N–H and O–H groups in total. The maximum absolute atomic E-state index is 12.7. The summed E-state index contributed by atoms with van der Waals surface area (Å²) >= 11 is 0. The number of rotatable bonds is 6. The van der Waals surface area contributed by atoms with Crippen molar-refractivity contribution in [2.75, 3.05) is 7.05 Å². The minimum Gasteiger partial charge on any atom is -0.487 e. The monoisotopic (exact) mass is 372 g/mol. The average molecular weight is 372 g/mol. The van der Waals surface area contributed by atoms with E-state index < -0.39 is 0 Å². The topological polar surface area (TPSA) is 59.7 Å². The van der Waals surface area contributed by atoms with Crippen LogP contribution in [0.4, 0.5) is 0 Å². The Bertz CT molecular complexity index is 1060. The second kappa shape index (κ2) is 7.92. The third kappa shape index (κ3) is 4.01. The fourth-order valence-corrected chi connectivity index (χ4v) is 2.99. The van der Waals surface area contributed by atoms with Crippen molar-refractivity contribution in [3.8, 4) is 5.75 Å². The van der Waals surface area contributed by atoms with E-state index in [1.807, 2.05) is 59.3 Å². The van der Waals surface area contributed by atoms with E-state index in [9.17, 15) is 4.79 Å². The van der Waals surface area contributed by atoms with Gasteiger partial charge in [0, 0.05) is 43.9 Å². The number of pyridine rings is 2. The van der Waals surface area contributed by atoms with Crippen molar-refractivity contribution in [2.24, 2.45) is 0 Å². The molecular formula is C22H20N4O2. The highest BCUT2D eigenvalue weighted by Gasteiger charge is 2.13. The number of carbonyl (C=O) groups excluding carboxylic acids is 1. The molecule has 0 aliphatic rings. The van der Waals surface area contributed by atoms with Gasteiger partial charge >= 0.3 is 0 Å². The lowest BCUT2D eigenvalue weighted by molar-refractivity contribution is 0.0784. The second-order valence-corrected chi connectivity index (χ2v) is 6.54. The van der Waals surface area contributed by atoms with E-state index in [-0.39, 0.29) is 5.91 Å². The summed E-state index contributed by atoms with van der Waals surface area (Å²) in [7, 11) is 1.78. The van der Waals surface area contributed by atoms with Crippen LogP contribution in [-0.2, 0) is 13.2 Å². The van der Waals surface area contributed by atoms with Crippen LogP contribution in [0.5, 0.6) is 5.75 Å². The summed E-state index contributed by atoms with van der Waals surface area (Å²) in [6.45, 7) is 0.837. The Morgan fingerprint density at radius 2 is 2.07 bits per heavy atom. The molecule has 0 aliphatic heterocycles. The number of ether oxygens (including phenoxy) is 1. The van der Waals surface area contributed by atoms with Crippen molar-refractivity contribution in [3.63, 3.8) is 0 Å². The quantitative estimate of drug-likeness (QED) is 0.519. The Morgan fingerprint density at radius 1 is 1.14 bits per heavy atom. The lowest BCUT2D eigenvalue weighted by Crippen LogP contribution is -2.26. The molecule has 3 aromatic heterocycles. The number of benzene rings is 1. The van der Waals surface area contributed by atoms with Gasteiger partial charge in [-0.3, -0.25) is 9.78 Å². The summed E-state index contributed by atoms with van der Waals surface area (Å²) in [5.41, 5.74) is 3.27. The van der Waals surface area contributed by atoms with Crippen LogP contribution in [0.2, 0.25) is 0 Å². The summed E-state index contributed by atoms with van der Waals surface area (Å²) in [5.74, 6) is 0.569. The summed E-state index contributed by atoms with van der Waals surface area (Å²) in [6, 6.07) is 16.9. The first-order valence-corrected chi connectivity index (χ1v) is 8.99. The molecular weight excluding hydrogens is 352 g/mol. The third-order valence-corrected chi connectivity index (χ3v) is 4.37. The van der Waals surface area contributed by atoms with Crippen molar-refractivity contribution in [2.45, 2.75) is 13.2 Å². The highest BCUT2D eigenvalue weighted by Crippen LogP contribution is 2.17. The molecule has 6 heteroatoms. The van der Waals surface area contributed by atoms with Gasteiger partial charge in [0.25, 0.3) is 5.91 Å². The number of nitrogens with zero attached hydrogens (tertiary/aromatic N) is 4. The van der Waals surface area contributed by atoms with Gasteiger partial charge in [-0.1, -0.05) is 18.2 Å². The van der Waals surface area contributed by atoms with Crippen molar-refractivity contribution < 1.29 is 9.53 Å². The van der Waals surface area contributed by atoms with E-state index in [2.05, 4.69) is 9.97 Å². The SMILES string of the molecule is CN(Cc1cccnc1)C(=O)c1cccc(OCc2cn3ccccc3n2)c1. The first kappa shape index (κ1) is 17.7. The summed E-state index contributed by atoms with van der Waals surface area (Å²) in [6.07, 6.45) is 7.36. The van der Waals surface area contributed by atoms with Gasteiger partial charge in [-0.25, -0.2) is 4.98 Å². The molecule has 140 valence electrons. The fraction of sp³-hybridized carbons (Fsp3) is 0.136. The largest absolute Gasteiger partial charge is 0.487 e. The highest BCUT2D eigenvalue weighted by molar-refractivity contribution is 5.94. The number of fused-ring (bicyclic) bond motifs is 1. The van der Waals surface area contributed by atoms with Crippen LogP contribution < -0.4 is 4.74 Å². The maximum Gasteiger partial charge on any atom is 0.254 e. The normalized spacial score (nSPS) is 10.8. The van der Waals surface area contributed by atoms with Gasteiger partial charge in [0.1, 0.15) is 18.0 Å². The molecule has 0 unspecified atom stereocenters. The van der Waals surface area contributed by atoms with Gasteiger partial charge in [-0.2, -0.15) is 0 Å². The van der Waals surface area contributed by atoms with Gasteiger partial charge in [0.15, 0.2) is 0 Å². The van der Waals surface area contributed by atoms with Crippen LogP contribution in [0.25, 0.3) is 5.65 Å². The molecule has 0 aliphatic carbocycles. The molecule has 28 heavy (non-hydrogen) atoms. The number of imidazole rings is 1. The molecule has 0 saturated heterocycles. The van der Waals surface area contributed by atoms with Crippen molar-refractivity contribution in [1.29, 1.82) is 0 Å². The molecule has 1 aromatic carbocycles. The lowest BCUT2D eigenvalue weighted by atomic mass is 10.2. The second-order valence-electron chi connectivity index (χ2n) is 6.54. The van der Waals surface area contributed by atoms with E-state index in [0.29, 0.717) is 24.5 Å². The van der Waals surface area contributed by atoms with E-state index in [4.69, 9.17) is 4.74 Å². The van der Waals surface area contributed by atoms with Gasteiger partial charge < -0.3 is 14.0 Å². The highest BCUT2D eigenvalue weighted by atomic mass is 16.5. The van der Waals surface area contributed by atoms with Gasteiger partial charge in [0.05, 0.1) is 5.69 Å². The third-order valence-electron chi connectivity index (χ3n) is 4.37.